The number of carbonyl (C=O) groups is 1. The molecule has 0 aromatic heterocycles. The summed E-state index contributed by atoms with van der Waals surface area (Å²) in [6.45, 7) is 0. The van der Waals surface area contributed by atoms with Gasteiger partial charge in [0.05, 0.1) is 6.42 Å². The first-order chi connectivity index (χ1) is 12.1. The maximum absolute atomic E-state index is 13.2. The lowest BCUT2D eigenvalue weighted by atomic mass is 9.96. The molecule has 0 spiro atoms. The standard InChI is InChI=1S/C17H11Br2F3N2O2/c18-12-6-4-11(5-7-12)16(26)9-14(17(20,21)22)23-24(16)15(25)10-2-1-3-13(19)8-10/h1-8,26H,9H2/t16-/m0/s1. The van der Waals surface area contributed by atoms with Crippen molar-refractivity contribution in [1.29, 1.82) is 0 Å². The van der Waals surface area contributed by atoms with Gasteiger partial charge in [-0.2, -0.15) is 23.3 Å². The molecule has 26 heavy (non-hydrogen) atoms. The van der Waals surface area contributed by atoms with Gasteiger partial charge in [0, 0.05) is 20.1 Å². The molecule has 136 valence electrons. The second-order valence-electron chi connectivity index (χ2n) is 5.67. The van der Waals surface area contributed by atoms with Crippen molar-refractivity contribution in [3.05, 3.63) is 68.6 Å². The molecule has 1 amide bonds. The smallest absolute Gasteiger partial charge is 0.365 e. The van der Waals surface area contributed by atoms with Crippen molar-refractivity contribution in [3.8, 4) is 0 Å². The molecule has 0 saturated heterocycles. The zero-order chi connectivity index (χ0) is 19.1. The highest BCUT2D eigenvalue weighted by molar-refractivity contribution is 9.10. The van der Waals surface area contributed by atoms with Crippen LogP contribution in [0.4, 0.5) is 13.2 Å². The molecule has 0 aliphatic carbocycles. The summed E-state index contributed by atoms with van der Waals surface area (Å²) >= 11 is 6.44. The highest BCUT2D eigenvalue weighted by Crippen LogP contribution is 2.40. The molecule has 2 aromatic rings. The lowest BCUT2D eigenvalue weighted by Gasteiger charge is -2.31. The van der Waals surface area contributed by atoms with Crippen LogP contribution in [0.25, 0.3) is 0 Å². The lowest BCUT2D eigenvalue weighted by molar-refractivity contribution is -0.0816. The Morgan fingerprint density at radius 2 is 1.77 bits per heavy atom. The second kappa shape index (κ2) is 6.79. The van der Waals surface area contributed by atoms with Crippen molar-refractivity contribution in [1.82, 2.24) is 5.01 Å². The number of hydrogen-bond donors (Lipinski definition) is 1. The van der Waals surface area contributed by atoms with Gasteiger partial charge in [-0.1, -0.05) is 50.1 Å². The zero-order valence-electron chi connectivity index (χ0n) is 13.0. The number of hydrogen-bond acceptors (Lipinski definition) is 3. The van der Waals surface area contributed by atoms with Gasteiger partial charge < -0.3 is 5.11 Å². The summed E-state index contributed by atoms with van der Waals surface area (Å²) in [6.07, 6.45) is -5.60. The van der Waals surface area contributed by atoms with Gasteiger partial charge in [-0.15, -0.1) is 0 Å². The summed E-state index contributed by atoms with van der Waals surface area (Å²) in [5.41, 5.74) is -3.22. The number of benzene rings is 2. The quantitative estimate of drug-likeness (QED) is 0.654. The third kappa shape index (κ3) is 3.56. The number of carbonyl (C=O) groups excluding carboxylic acids is 1. The van der Waals surface area contributed by atoms with Gasteiger partial charge in [0.2, 0.25) is 0 Å². The third-order valence-corrected chi connectivity index (χ3v) is 4.90. The lowest BCUT2D eigenvalue weighted by Crippen LogP contribution is -2.43. The Kier molecular flexibility index (Phi) is 4.98. The van der Waals surface area contributed by atoms with Gasteiger partial charge in [0.25, 0.3) is 5.91 Å². The number of nitrogens with zero attached hydrogens (tertiary/aromatic N) is 2. The van der Waals surface area contributed by atoms with Gasteiger partial charge in [-0.05, 0) is 30.3 Å². The molecule has 0 fully saturated rings. The zero-order valence-corrected chi connectivity index (χ0v) is 16.1. The number of aliphatic hydroxyl groups is 1. The average molecular weight is 492 g/mol. The van der Waals surface area contributed by atoms with E-state index >= 15 is 0 Å². The Hall–Kier alpha value is -1.71. The van der Waals surface area contributed by atoms with E-state index < -0.39 is 29.9 Å². The molecule has 2 aromatic carbocycles. The van der Waals surface area contributed by atoms with Crippen molar-refractivity contribution in [2.45, 2.75) is 18.3 Å². The van der Waals surface area contributed by atoms with Gasteiger partial charge in [-0.3, -0.25) is 4.79 Å². The predicted octanol–water partition coefficient (Wildman–Crippen LogP) is 4.82. The summed E-state index contributed by atoms with van der Waals surface area (Å²) in [7, 11) is 0. The van der Waals surface area contributed by atoms with Gasteiger partial charge >= 0.3 is 6.18 Å². The molecular formula is C17H11Br2F3N2O2. The topological polar surface area (TPSA) is 52.9 Å². The summed E-state index contributed by atoms with van der Waals surface area (Å²) in [6, 6.07) is 12.2. The number of alkyl halides is 3. The highest BCUT2D eigenvalue weighted by atomic mass is 79.9. The SMILES string of the molecule is O=C(c1cccc(Br)c1)N1N=C(C(F)(F)F)C[C@]1(O)c1ccc(Br)cc1. The fourth-order valence-corrected chi connectivity index (χ4v) is 3.27. The maximum atomic E-state index is 13.2. The van der Waals surface area contributed by atoms with E-state index in [9.17, 15) is 23.1 Å². The average Bonchev–Trinajstić information content (AvgIpc) is 2.94. The van der Waals surface area contributed by atoms with Crippen LogP contribution < -0.4 is 0 Å². The molecule has 0 bridgehead atoms. The van der Waals surface area contributed by atoms with Gasteiger partial charge in [0.1, 0.15) is 5.71 Å². The van der Waals surface area contributed by atoms with E-state index in [2.05, 4.69) is 37.0 Å². The molecule has 1 N–H and O–H groups in total. The summed E-state index contributed by atoms with van der Waals surface area (Å²) < 4.78 is 40.8. The van der Waals surface area contributed by atoms with Crippen LogP contribution in [0.3, 0.4) is 0 Å². The summed E-state index contributed by atoms with van der Waals surface area (Å²) in [5, 5.41) is 14.9. The summed E-state index contributed by atoms with van der Waals surface area (Å²) in [5.74, 6) is -0.837. The molecule has 0 unspecified atom stereocenters. The number of halogens is 5. The largest absolute Gasteiger partial charge is 0.431 e. The predicted molar refractivity (Wildman–Crippen MR) is 96.5 cm³/mol. The van der Waals surface area contributed by atoms with E-state index in [1.807, 2.05) is 0 Å². The second-order valence-corrected chi connectivity index (χ2v) is 7.50. The number of rotatable bonds is 2. The highest BCUT2D eigenvalue weighted by Gasteiger charge is 2.53. The first-order valence-corrected chi connectivity index (χ1v) is 8.93. The Balaban J connectivity index is 2.08. The first kappa shape index (κ1) is 19.1. The third-order valence-electron chi connectivity index (χ3n) is 3.88. The molecule has 4 nitrogen and oxygen atoms in total. The first-order valence-electron chi connectivity index (χ1n) is 7.34. The molecule has 1 heterocycles. The van der Waals surface area contributed by atoms with Crippen LogP contribution in [0.5, 0.6) is 0 Å². The number of hydrazone groups is 1. The summed E-state index contributed by atoms with van der Waals surface area (Å²) in [4.78, 5) is 12.8. The molecule has 1 atom stereocenters. The molecule has 0 radical (unpaired) electrons. The molecule has 1 aliphatic rings. The van der Waals surface area contributed by atoms with Crippen LogP contribution in [0, 0.1) is 0 Å². The molecular weight excluding hydrogens is 481 g/mol. The molecule has 0 saturated carbocycles. The minimum absolute atomic E-state index is 0.0992. The monoisotopic (exact) mass is 490 g/mol. The van der Waals surface area contributed by atoms with Crippen LogP contribution in [0.15, 0.2) is 62.6 Å². The van der Waals surface area contributed by atoms with Crippen LogP contribution in [-0.2, 0) is 5.72 Å². The Labute approximate surface area is 163 Å². The Bertz CT molecular complexity index is 884. The maximum Gasteiger partial charge on any atom is 0.431 e. The fraction of sp³-hybridized carbons (Fsp3) is 0.176. The van der Waals surface area contributed by atoms with E-state index in [4.69, 9.17) is 0 Å². The van der Waals surface area contributed by atoms with Gasteiger partial charge in [-0.25, -0.2) is 0 Å². The van der Waals surface area contributed by atoms with Crippen LogP contribution in [-0.4, -0.2) is 27.9 Å². The van der Waals surface area contributed by atoms with Crippen LogP contribution >= 0.6 is 31.9 Å². The van der Waals surface area contributed by atoms with Crippen molar-refractivity contribution in [3.63, 3.8) is 0 Å². The fourth-order valence-electron chi connectivity index (χ4n) is 2.60. The molecule has 3 rings (SSSR count). The van der Waals surface area contributed by atoms with Crippen LogP contribution in [0.2, 0.25) is 0 Å². The van der Waals surface area contributed by atoms with Gasteiger partial charge in [0.15, 0.2) is 5.72 Å². The Morgan fingerprint density at radius 1 is 1.12 bits per heavy atom. The minimum Gasteiger partial charge on any atom is -0.365 e. The van der Waals surface area contributed by atoms with E-state index in [-0.39, 0.29) is 11.1 Å². The molecule has 1 aliphatic heterocycles. The van der Waals surface area contributed by atoms with Crippen molar-refractivity contribution in [2.24, 2.45) is 5.10 Å². The Morgan fingerprint density at radius 3 is 2.35 bits per heavy atom. The van der Waals surface area contributed by atoms with Crippen molar-refractivity contribution < 1.29 is 23.1 Å². The van der Waals surface area contributed by atoms with Crippen molar-refractivity contribution in [2.75, 3.05) is 0 Å². The van der Waals surface area contributed by atoms with Crippen LogP contribution in [0.1, 0.15) is 22.3 Å². The van der Waals surface area contributed by atoms with E-state index in [1.165, 1.54) is 24.3 Å². The van der Waals surface area contributed by atoms with Crippen molar-refractivity contribution >= 4 is 43.5 Å². The normalized spacial score (nSPS) is 20.2. The van der Waals surface area contributed by atoms with E-state index in [0.717, 1.165) is 0 Å². The number of amides is 1. The van der Waals surface area contributed by atoms with E-state index in [0.29, 0.717) is 14.0 Å². The minimum atomic E-state index is -4.75. The molecule has 9 heteroatoms. The van der Waals surface area contributed by atoms with E-state index in [1.54, 1.807) is 24.3 Å².